The zero-order valence-electron chi connectivity index (χ0n) is 19.7. The van der Waals surface area contributed by atoms with Crippen LogP contribution in [0.1, 0.15) is 25.0 Å². The van der Waals surface area contributed by atoms with E-state index in [2.05, 4.69) is 93.9 Å². The van der Waals surface area contributed by atoms with E-state index in [0.29, 0.717) is 0 Å². The van der Waals surface area contributed by atoms with Crippen LogP contribution in [0, 0.1) is 0 Å². The summed E-state index contributed by atoms with van der Waals surface area (Å²) in [5.74, 6) is 0.873. The van der Waals surface area contributed by atoms with Crippen molar-refractivity contribution in [3.63, 3.8) is 0 Å². The van der Waals surface area contributed by atoms with E-state index < -0.39 is 0 Å². The molecule has 0 bridgehead atoms. The van der Waals surface area contributed by atoms with E-state index >= 15 is 0 Å². The highest BCUT2D eigenvalue weighted by molar-refractivity contribution is 6.12. The Kier molecular flexibility index (Phi) is 4.15. The van der Waals surface area contributed by atoms with Gasteiger partial charge in [-0.05, 0) is 59.7 Å². The first kappa shape index (κ1) is 20.0. The van der Waals surface area contributed by atoms with Crippen LogP contribution in [0.4, 0.5) is 17.2 Å². The molecular formula is C31H24N4. The summed E-state index contributed by atoms with van der Waals surface area (Å²) in [7, 11) is 0. The lowest BCUT2D eigenvalue weighted by molar-refractivity contribution is 0.630. The molecule has 4 nitrogen and oxygen atoms in total. The second-order valence-corrected chi connectivity index (χ2v) is 9.61. The predicted molar refractivity (Wildman–Crippen MR) is 143 cm³/mol. The fraction of sp³-hybridized carbons (Fsp3) is 0.0968. The third kappa shape index (κ3) is 2.80. The number of pyridine rings is 2. The molecule has 4 heterocycles. The first-order valence-corrected chi connectivity index (χ1v) is 11.9. The first-order valence-electron chi connectivity index (χ1n) is 11.9. The van der Waals surface area contributed by atoms with Gasteiger partial charge < -0.3 is 4.57 Å². The maximum Gasteiger partial charge on any atom is 0.137 e. The molecule has 0 aliphatic carbocycles. The standard InChI is InChI=1S/C31H24N4/c1-31(2)25-9-3-4-11-28(25)35-27-14-13-22(20-24(27)23-8-7-10-26(31)30(23)35)34(21-15-18-32-19-16-21)29-12-5-6-17-33-29/h3-20H,1-2H3. The van der Waals surface area contributed by atoms with Crippen LogP contribution in [0.2, 0.25) is 0 Å². The summed E-state index contributed by atoms with van der Waals surface area (Å²) in [6.45, 7) is 4.67. The van der Waals surface area contributed by atoms with Gasteiger partial charge in [0.2, 0.25) is 0 Å². The van der Waals surface area contributed by atoms with Gasteiger partial charge in [-0.25, -0.2) is 4.98 Å². The molecule has 168 valence electrons. The molecular weight excluding hydrogens is 428 g/mol. The van der Waals surface area contributed by atoms with Gasteiger partial charge in [0, 0.05) is 40.5 Å². The van der Waals surface area contributed by atoms with Gasteiger partial charge >= 0.3 is 0 Å². The summed E-state index contributed by atoms with van der Waals surface area (Å²) in [4.78, 5) is 11.1. The first-order chi connectivity index (χ1) is 17.1. The van der Waals surface area contributed by atoms with Gasteiger partial charge in [-0.2, -0.15) is 0 Å². The monoisotopic (exact) mass is 452 g/mol. The van der Waals surface area contributed by atoms with Crippen LogP contribution in [0.25, 0.3) is 27.5 Å². The summed E-state index contributed by atoms with van der Waals surface area (Å²) in [5.41, 5.74) is 8.53. The quantitative estimate of drug-likeness (QED) is 0.276. The van der Waals surface area contributed by atoms with Crippen molar-refractivity contribution in [3.8, 4) is 5.69 Å². The normalized spacial score (nSPS) is 13.7. The second kappa shape index (κ2) is 7.28. The maximum absolute atomic E-state index is 4.67. The van der Waals surface area contributed by atoms with E-state index in [4.69, 9.17) is 0 Å². The molecule has 0 amide bonds. The summed E-state index contributed by atoms with van der Waals surface area (Å²) < 4.78 is 2.45. The summed E-state index contributed by atoms with van der Waals surface area (Å²) in [5, 5.41) is 2.51. The molecule has 4 heteroatoms. The zero-order chi connectivity index (χ0) is 23.6. The molecule has 35 heavy (non-hydrogen) atoms. The smallest absolute Gasteiger partial charge is 0.137 e. The minimum Gasteiger partial charge on any atom is -0.309 e. The van der Waals surface area contributed by atoms with Crippen molar-refractivity contribution >= 4 is 39.0 Å². The molecule has 3 aromatic heterocycles. The molecule has 0 N–H and O–H groups in total. The van der Waals surface area contributed by atoms with Crippen LogP contribution in [0.5, 0.6) is 0 Å². The van der Waals surface area contributed by atoms with Gasteiger partial charge in [-0.15, -0.1) is 0 Å². The van der Waals surface area contributed by atoms with E-state index in [-0.39, 0.29) is 5.41 Å². The van der Waals surface area contributed by atoms with Crippen molar-refractivity contribution in [1.82, 2.24) is 14.5 Å². The number of para-hydroxylation sites is 2. The number of hydrogen-bond donors (Lipinski definition) is 0. The second-order valence-electron chi connectivity index (χ2n) is 9.61. The molecule has 0 unspecified atom stereocenters. The van der Waals surface area contributed by atoms with Gasteiger partial charge in [0.15, 0.2) is 0 Å². The molecule has 1 aliphatic heterocycles. The fourth-order valence-electron chi connectivity index (χ4n) is 5.69. The van der Waals surface area contributed by atoms with Crippen LogP contribution < -0.4 is 4.90 Å². The Hall–Kier alpha value is -4.44. The van der Waals surface area contributed by atoms with Gasteiger partial charge in [0.05, 0.1) is 22.4 Å². The largest absolute Gasteiger partial charge is 0.309 e. The molecule has 0 radical (unpaired) electrons. The van der Waals surface area contributed by atoms with Gasteiger partial charge in [-0.3, -0.25) is 9.88 Å². The summed E-state index contributed by atoms with van der Waals surface area (Å²) >= 11 is 0. The van der Waals surface area contributed by atoms with Crippen molar-refractivity contribution in [2.24, 2.45) is 0 Å². The van der Waals surface area contributed by atoms with Crippen LogP contribution in [-0.2, 0) is 5.41 Å². The molecule has 3 aromatic carbocycles. The molecule has 0 saturated carbocycles. The molecule has 7 rings (SSSR count). The van der Waals surface area contributed by atoms with Gasteiger partial charge in [-0.1, -0.05) is 56.3 Å². The van der Waals surface area contributed by atoms with Crippen molar-refractivity contribution in [1.29, 1.82) is 0 Å². The van der Waals surface area contributed by atoms with Crippen LogP contribution in [0.3, 0.4) is 0 Å². The minimum atomic E-state index is -0.0691. The van der Waals surface area contributed by atoms with Crippen molar-refractivity contribution in [3.05, 3.63) is 121 Å². The highest BCUT2D eigenvalue weighted by Gasteiger charge is 2.34. The van der Waals surface area contributed by atoms with Crippen LogP contribution >= 0.6 is 0 Å². The number of benzene rings is 3. The lowest BCUT2D eigenvalue weighted by Crippen LogP contribution is -2.26. The third-order valence-corrected chi connectivity index (χ3v) is 7.32. The molecule has 6 aromatic rings. The Bertz CT molecular complexity index is 1680. The number of fused-ring (bicyclic) bond motifs is 5. The summed E-state index contributed by atoms with van der Waals surface area (Å²) in [6.07, 6.45) is 5.48. The van der Waals surface area contributed by atoms with E-state index in [1.165, 1.54) is 38.6 Å². The number of rotatable bonds is 3. The third-order valence-electron chi connectivity index (χ3n) is 7.32. The van der Waals surface area contributed by atoms with Crippen molar-refractivity contribution < 1.29 is 0 Å². The Labute approximate surface area is 204 Å². The SMILES string of the molecule is CC1(C)c2ccccc2-n2c3ccc(N(c4ccncc4)c4ccccn4)cc3c3cccc1c32. The lowest BCUT2D eigenvalue weighted by Gasteiger charge is -2.34. The molecule has 1 aliphatic rings. The van der Waals surface area contributed by atoms with E-state index in [1.807, 2.05) is 48.9 Å². The van der Waals surface area contributed by atoms with Gasteiger partial charge in [0.25, 0.3) is 0 Å². The highest BCUT2D eigenvalue weighted by Crippen LogP contribution is 2.48. The summed E-state index contributed by atoms with van der Waals surface area (Å²) in [6, 6.07) is 32.3. The van der Waals surface area contributed by atoms with E-state index in [0.717, 1.165) is 17.2 Å². The van der Waals surface area contributed by atoms with Crippen LogP contribution in [0.15, 0.2) is 110 Å². The number of anilines is 3. The molecule has 0 spiro atoms. The number of nitrogens with zero attached hydrogens (tertiary/aromatic N) is 4. The van der Waals surface area contributed by atoms with Gasteiger partial charge in [0.1, 0.15) is 5.82 Å². The Morgan fingerprint density at radius 2 is 1.49 bits per heavy atom. The van der Waals surface area contributed by atoms with Crippen molar-refractivity contribution in [2.45, 2.75) is 19.3 Å². The van der Waals surface area contributed by atoms with Crippen molar-refractivity contribution in [2.75, 3.05) is 4.90 Å². The topological polar surface area (TPSA) is 34.0 Å². The average molecular weight is 453 g/mol. The molecule has 0 fully saturated rings. The Morgan fingerprint density at radius 3 is 2.31 bits per heavy atom. The van der Waals surface area contributed by atoms with Crippen LogP contribution in [-0.4, -0.2) is 14.5 Å². The number of aromatic nitrogens is 3. The Balaban J connectivity index is 1.55. The molecule has 0 saturated heterocycles. The molecule has 0 atom stereocenters. The predicted octanol–water partition coefficient (Wildman–Crippen LogP) is 7.68. The van der Waals surface area contributed by atoms with E-state index in [1.54, 1.807) is 0 Å². The fourth-order valence-corrected chi connectivity index (χ4v) is 5.69. The van der Waals surface area contributed by atoms with E-state index in [9.17, 15) is 0 Å². The minimum absolute atomic E-state index is 0.0691. The maximum atomic E-state index is 4.67. The highest BCUT2D eigenvalue weighted by atomic mass is 15.2. The Morgan fingerprint density at radius 1 is 0.686 bits per heavy atom. The average Bonchev–Trinajstić information content (AvgIpc) is 3.23. The lowest BCUT2D eigenvalue weighted by atomic mass is 9.75. The number of hydrogen-bond acceptors (Lipinski definition) is 3. The zero-order valence-corrected chi connectivity index (χ0v) is 19.7.